The maximum Gasteiger partial charge on any atom is 0.254 e. The molecule has 1 aromatic carbocycles. The van der Waals surface area contributed by atoms with Crippen molar-refractivity contribution in [1.29, 1.82) is 0 Å². The van der Waals surface area contributed by atoms with E-state index in [9.17, 15) is 4.79 Å². The van der Waals surface area contributed by atoms with Crippen LogP contribution in [0.5, 0.6) is 5.75 Å². The Kier molecular flexibility index (Phi) is 4.37. The van der Waals surface area contributed by atoms with Crippen molar-refractivity contribution in [2.24, 2.45) is 0 Å². The molecule has 0 radical (unpaired) electrons. The standard InChI is InChI=1S/C18H20N2O2/c1-2-22-16-7-5-14(6-8-16)17-4-3-13-20(17)18(21)15-9-11-19-12-10-15/h5-12,17H,2-4,13H2,1H3/t17-/m1/s1. The van der Waals surface area contributed by atoms with E-state index < -0.39 is 0 Å². The van der Waals surface area contributed by atoms with Crippen molar-refractivity contribution >= 4 is 5.91 Å². The number of carbonyl (C=O) groups is 1. The third-order valence-corrected chi connectivity index (χ3v) is 4.02. The van der Waals surface area contributed by atoms with Crippen molar-refractivity contribution in [3.05, 3.63) is 59.9 Å². The van der Waals surface area contributed by atoms with E-state index in [1.54, 1.807) is 24.5 Å². The van der Waals surface area contributed by atoms with Crippen LogP contribution < -0.4 is 4.74 Å². The molecule has 1 atom stereocenters. The van der Waals surface area contributed by atoms with Gasteiger partial charge in [-0.25, -0.2) is 0 Å². The predicted molar refractivity (Wildman–Crippen MR) is 84.9 cm³/mol. The zero-order valence-corrected chi connectivity index (χ0v) is 12.7. The van der Waals surface area contributed by atoms with Crippen LogP contribution in [0.3, 0.4) is 0 Å². The summed E-state index contributed by atoms with van der Waals surface area (Å²) in [6.45, 7) is 3.44. The summed E-state index contributed by atoms with van der Waals surface area (Å²) in [7, 11) is 0. The Morgan fingerprint density at radius 3 is 2.64 bits per heavy atom. The highest BCUT2D eigenvalue weighted by atomic mass is 16.5. The maximum atomic E-state index is 12.7. The maximum absolute atomic E-state index is 12.7. The molecular formula is C18H20N2O2. The summed E-state index contributed by atoms with van der Waals surface area (Å²) in [6, 6.07) is 11.8. The number of ether oxygens (including phenoxy) is 1. The molecule has 0 aliphatic carbocycles. The minimum Gasteiger partial charge on any atom is -0.494 e. The lowest BCUT2D eigenvalue weighted by molar-refractivity contribution is 0.0735. The summed E-state index contributed by atoms with van der Waals surface area (Å²) in [4.78, 5) is 18.6. The lowest BCUT2D eigenvalue weighted by Gasteiger charge is -2.25. The van der Waals surface area contributed by atoms with Crippen LogP contribution in [0.1, 0.15) is 41.7 Å². The number of carbonyl (C=O) groups excluding carboxylic acids is 1. The van der Waals surface area contributed by atoms with Gasteiger partial charge in [0.05, 0.1) is 12.6 Å². The van der Waals surface area contributed by atoms with Gasteiger partial charge in [-0.1, -0.05) is 12.1 Å². The fourth-order valence-electron chi connectivity index (χ4n) is 2.97. The second kappa shape index (κ2) is 6.60. The number of pyridine rings is 1. The van der Waals surface area contributed by atoms with Gasteiger partial charge in [-0.2, -0.15) is 0 Å². The molecule has 22 heavy (non-hydrogen) atoms. The summed E-state index contributed by atoms with van der Waals surface area (Å²) < 4.78 is 5.48. The van der Waals surface area contributed by atoms with Crippen molar-refractivity contribution in [3.63, 3.8) is 0 Å². The van der Waals surface area contributed by atoms with Crippen LogP contribution in [-0.2, 0) is 0 Å². The number of hydrogen-bond donors (Lipinski definition) is 0. The number of nitrogens with zero attached hydrogens (tertiary/aromatic N) is 2. The molecule has 1 amide bonds. The van der Waals surface area contributed by atoms with Crippen molar-refractivity contribution in [2.75, 3.05) is 13.2 Å². The van der Waals surface area contributed by atoms with E-state index in [0.29, 0.717) is 12.2 Å². The van der Waals surface area contributed by atoms with Gasteiger partial charge in [0.25, 0.3) is 5.91 Å². The molecule has 0 unspecified atom stereocenters. The number of hydrogen-bond acceptors (Lipinski definition) is 3. The molecule has 1 fully saturated rings. The highest BCUT2D eigenvalue weighted by Crippen LogP contribution is 2.33. The van der Waals surface area contributed by atoms with Crippen molar-refractivity contribution in [1.82, 2.24) is 9.88 Å². The highest BCUT2D eigenvalue weighted by molar-refractivity contribution is 5.94. The second-order valence-electron chi connectivity index (χ2n) is 5.39. The smallest absolute Gasteiger partial charge is 0.254 e. The average Bonchev–Trinajstić information content (AvgIpc) is 3.05. The Morgan fingerprint density at radius 2 is 1.95 bits per heavy atom. The Bertz CT molecular complexity index is 625. The molecule has 114 valence electrons. The third-order valence-electron chi connectivity index (χ3n) is 4.02. The van der Waals surface area contributed by atoms with E-state index in [0.717, 1.165) is 25.1 Å². The van der Waals surface area contributed by atoms with Gasteiger partial charge >= 0.3 is 0 Å². The van der Waals surface area contributed by atoms with Gasteiger partial charge in [0, 0.05) is 24.5 Å². The SMILES string of the molecule is CCOc1ccc([C@H]2CCCN2C(=O)c2ccncc2)cc1. The predicted octanol–water partition coefficient (Wildman–Crippen LogP) is 3.46. The minimum atomic E-state index is 0.0822. The molecule has 2 aromatic rings. The minimum absolute atomic E-state index is 0.0822. The summed E-state index contributed by atoms with van der Waals surface area (Å²) in [5.41, 5.74) is 1.87. The molecule has 1 aliphatic heterocycles. The largest absolute Gasteiger partial charge is 0.494 e. The van der Waals surface area contributed by atoms with Gasteiger partial charge in [0.2, 0.25) is 0 Å². The Balaban J connectivity index is 1.79. The number of likely N-dealkylation sites (tertiary alicyclic amines) is 1. The van der Waals surface area contributed by atoms with Gasteiger partial charge in [-0.15, -0.1) is 0 Å². The van der Waals surface area contributed by atoms with E-state index in [1.165, 1.54) is 5.56 Å². The van der Waals surface area contributed by atoms with E-state index in [-0.39, 0.29) is 11.9 Å². The first kappa shape index (κ1) is 14.6. The Morgan fingerprint density at radius 1 is 1.23 bits per heavy atom. The molecule has 4 heteroatoms. The first-order chi connectivity index (χ1) is 10.8. The zero-order chi connectivity index (χ0) is 15.4. The fourth-order valence-corrected chi connectivity index (χ4v) is 2.97. The number of benzene rings is 1. The van der Waals surface area contributed by atoms with Crippen LogP contribution in [0, 0.1) is 0 Å². The molecule has 0 bridgehead atoms. The molecule has 1 saturated heterocycles. The Hall–Kier alpha value is -2.36. The van der Waals surface area contributed by atoms with E-state index in [1.807, 2.05) is 24.0 Å². The molecule has 0 saturated carbocycles. The van der Waals surface area contributed by atoms with Crippen molar-refractivity contribution < 1.29 is 9.53 Å². The summed E-state index contributed by atoms with van der Waals surface area (Å²) in [6.07, 6.45) is 5.36. The monoisotopic (exact) mass is 296 g/mol. The van der Waals surface area contributed by atoms with Crippen molar-refractivity contribution in [2.45, 2.75) is 25.8 Å². The summed E-state index contributed by atoms with van der Waals surface area (Å²) in [5.74, 6) is 0.954. The first-order valence-corrected chi connectivity index (χ1v) is 7.73. The topological polar surface area (TPSA) is 42.4 Å². The normalized spacial score (nSPS) is 17.5. The summed E-state index contributed by atoms with van der Waals surface area (Å²) in [5, 5.41) is 0. The molecular weight excluding hydrogens is 276 g/mol. The highest BCUT2D eigenvalue weighted by Gasteiger charge is 2.30. The first-order valence-electron chi connectivity index (χ1n) is 7.73. The molecule has 2 heterocycles. The van der Waals surface area contributed by atoms with E-state index in [4.69, 9.17) is 4.74 Å². The van der Waals surface area contributed by atoms with Crippen LogP contribution in [0.25, 0.3) is 0 Å². The number of aromatic nitrogens is 1. The quantitative estimate of drug-likeness (QED) is 0.867. The average molecular weight is 296 g/mol. The van der Waals surface area contributed by atoms with Crippen LogP contribution >= 0.6 is 0 Å². The fraction of sp³-hybridized carbons (Fsp3) is 0.333. The van der Waals surface area contributed by atoms with Crippen molar-refractivity contribution in [3.8, 4) is 5.75 Å². The van der Waals surface area contributed by atoms with Crippen LogP contribution in [0.15, 0.2) is 48.8 Å². The molecule has 1 aliphatic rings. The van der Waals surface area contributed by atoms with Crippen LogP contribution in [0.4, 0.5) is 0 Å². The van der Waals surface area contributed by atoms with Gasteiger partial charge in [-0.3, -0.25) is 9.78 Å². The number of rotatable bonds is 4. The van der Waals surface area contributed by atoms with Crippen LogP contribution in [-0.4, -0.2) is 28.9 Å². The molecule has 0 N–H and O–H groups in total. The van der Waals surface area contributed by atoms with Crippen LogP contribution in [0.2, 0.25) is 0 Å². The van der Waals surface area contributed by atoms with E-state index >= 15 is 0 Å². The third kappa shape index (κ3) is 2.96. The van der Waals surface area contributed by atoms with Gasteiger partial charge in [0.15, 0.2) is 0 Å². The van der Waals surface area contributed by atoms with Gasteiger partial charge in [-0.05, 0) is 49.6 Å². The van der Waals surface area contributed by atoms with Gasteiger partial charge in [0.1, 0.15) is 5.75 Å². The van der Waals surface area contributed by atoms with E-state index in [2.05, 4.69) is 17.1 Å². The molecule has 1 aromatic heterocycles. The lowest BCUT2D eigenvalue weighted by Crippen LogP contribution is -2.30. The summed E-state index contributed by atoms with van der Waals surface area (Å²) >= 11 is 0. The lowest BCUT2D eigenvalue weighted by atomic mass is 10.0. The Labute approximate surface area is 130 Å². The molecule has 3 rings (SSSR count). The molecule has 4 nitrogen and oxygen atoms in total. The van der Waals surface area contributed by atoms with Gasteiger partial charge < -0.3 is 9.64 Å². The number of amides is 1. The zero-order valence-electron chi connectivity index (χ0n) is 12.7. The molecule has 0 spiro atoms. The second-order valence-corrected chi connectivity index (χ2v) is 5.39.